The Morgan fingerprint density at radius 3 is 2.65 bits per heavy atom. The number of carbonyl (C=O) groups is 2. The molecule has 1 atom stereocenters. The van der Waals surface area contributed by atoms with Crippen molar-refractivity contribution in [3.63, 3.8) is 0 Å². The zero-order valence-electron chi connectivity index (χ0n) is 11.6. The summed E-state index contributed by atoms with van der Waals surface area (Å²) in [7, 11) is 0. The summed E-state index contributed by atoms with van der Waals surface area (Å²) in [6.07, 6.45) is 2.98. The van der Waals surface area contributed by atoms with Crippen molar-refractivity contribution in [2.24, 2.45) is 0 Å². The number of piperidine rings is 1. The second-order valence-electron chi connectivity index (χ2n) is 5.34. The Bertz CT molecular complexity index is 458. The first-order valence-corrected chi connectivity index (χ1v) is 7.21. The first-order valence-electron chi connectivity index (χ1n) is 7.21. The zero-order valence-corrected chi connectivity index (χ0v) is 11.6. The highest BCUT2D eigenvalue weighted by Crippen LogP contribution is 2.27. The van der Waals surface area contributed by atoms with Gasteiger partial charge in [-0.15, -0.1) is 0 Å². The van der Waals surface area contributed by atoms with E-state index in [9.17, 15) is 9.59 Å². The van der Waals surface area contributed by atoms with Gasteiger partial charge in [-0.1, -0.05) is 30.3 Å². The Hall–Kier alpha value is -1.84. The Morgan fingerprint density at radius 1 is 1.20 bits per heavy atom. The van der Waals surface area contributed by atoms with Gasteiger partial charge in [0.25, 0.3) is 0 Å². The fourth-order valence-corrected chi connectivity index (χ4v) is 2.75. The van der Waals surface area contributed by atoms with Crippen LogP contribution in [0.3, 0.4) is 0 Å². The molecule has 1 aliphatic rings. The highest BCUT2D eigenvalue weighted by Gasteiger charge is 2.24. The molecular formula is C16H21NO3. The fourth-order valence-electron chi connectivity index (χ4n) is 2.75. The number of amides is 1. The minimum Gasteiger partial charge on any atom is -0.481 e. The summed E-state index contributed by atoms with van der Waals surface area (Å²) in [5, 5.41) is 8.60. The van der Waals surface area contributed by atoms with Crippen LogP contribution in [-0.4, -0.2) is 35.0 Å². The number of carboxylic acids is 1. The summed E-state index contributed by atoms with van der Waals surface area (Å²) < 4.78 is 0. The molecule has 20 heavy (non-hydrogen) atoms. The lowest BCUT2D eigenvalue weighted by atomic mass is 9.90. The van der Waals surface area contributed by atoms with Crippen LogP contribution in [0.25, 0.3) is 0 Å². The molecule has 1 aromatic carbocycles. The number of hydrogen-bond donors (Lipinski definition) is 1. The monoisotopic (exact) mass is 275 g/mol. The molecule has 1 aliphatic heterocycles. The minimum atomic E-state index is -0.835. The maximum atomic E-state index is 12.1. The first kappa shape index (κ1) is 14.6. The summed E-state index contributed by atoms with van der Waals surface area (Å²) in [6.45, 7) is 1.56. The second-order valence-corrected chi connectivity index (χ2v) is 5.34. The van der Waals surface area contributed by atoms with Crippen LogP contribution in [0, 0.1) is 0 Å². The van der Waals surface area contributed by atoms with Gasteiger partial charge in [0.05, 0.1) is 0 Å². The van der Waals surface area contributed by atoms with E-state index in [-0.39, 0.29) is 12.3 Å². The molecule has 0 aliphatic carbocycles. The molecule has 1 unspecified atom stereocenters. The molecule has 1 heterocycles. The van der Waals surface area contributed by atoms with Crippen LogP contribution in [0.4, 0.5) is 0 Å². The molecule has 0 aromatic heterocycles. The molecule has 1 fully saturated rings. The zero-order chi connectivity index (χ0) is 14.4. The van der Waals surface area contributed by atoms with E-state index in [0.717, 1.165) is 25.9 Å². The van der Waals surface area contributed by atoms with Gasteiger partial charge in [-0.2, -0.15) is 0 Å². The lowest BCUT2D eigenvalue weighted by Gasteiger charge is -2.33. The molecule has 1 amide bonds. The van der Waals surface area contributed by atoms with E-state index < -0.39 is 5.97 Å². The van der Waals surface area contributed by atoms with E-state index >= 15 is 0 Å². The third-order valence-corrected chi connectivity index (χ3v) is 3.83. The highest BCUT2D eigenvalue weighted by atomic mass is 16.4. The number of nitrogens with zero attached hydrogens (tertiary/aromatic N) is 1. The van der Waals surface area contributed by atoms with Crippen molar-refractivity contribution in [1.29, 1.82) is 0 Å². The lowest BCUT2D eigenvalue weighted by Crippen LogP contribution is -2.39. The third-order valence-electron chi connectivity index (χ3n) is 3.83. The van der Waals surface area contributed by atoms with E-state index in [1.165, 1.54) is 5.56 Å². The van der Waals surface area contributed by atoms with Crippen LogP contribution in [0.2, 0.25) is 0 Å². The van der Waals surface area contributed by atoms with Crippen molar-refractivity contribution in [3.8, 4) is 0 Å². The molecule has 0 radical (unpaired) electrons. The molecular weight excluding hydrogens is 254 g/mol. The van der Waals surface area contributed by atoms with Gasteiger partial charge in [0.1, 0.15) is 0 Å². The molecule has 1 aromatic rings. The minimum absolute atomic E-state index is 0.0711. The summed E-state index contributed by atoms with van der Waals surface area (Å²) in [5.41, 5.74) is 1.29. The summed E-state index contributed by atoms with van der Waals surface area (Å²) in [4.78, 5) is 24.5. The quantitative estimate of drug-likeness (QED) is 0.898. The molecule has 1 N–H and O–H groups in total. The van der Waals surface area contributed by atoms with Gasteiger partial charge in [0, 0.05) is 31.8 Å². The Morgan fingerprint density at radius 2 is 1.95 bits per heavy atom. The molecule has 4 nitrogen and oxygen atoms in total. The predicted molar refractivity (Wildman–Crippen MR) is 76.5 cm³/mol. The van der Waals surface area contributed by atoms with Crippen LogP contribution >= 0.6 is 0 Å². The van der Waals surface area contributed by atoms with E-state index in [0.29, 0.717) is 18.8 Å². The van der Waals surface area contributed by atoms with Crippen LogP contribution in [0.15, 0.2) is 30.3 Å². The van der Waals surface area contributed by atoms with Gasteiger partial charge >= 0.3 is 5.97 Å². The molecule has 2 rings (SSSR count). The van der Waals surface area contributed by atoms with Crippen LogP contribution in [-0.2, 0) is 9.59 Å². The van der Waals surface area contributed by atoms with Crippen molar-refractivity contribution in [2.45, 2.75) is 38.0 Å². The molecule has 0 spiro atoms. The normalized spacial score (nSPS) is 18.8. The van der Waals surface area contributed by atoms with Crippen LogP contribution in [0.5, 0.6) is 0 Å². The van der Waals surface area contributed by atoms with E-state index in [1.807, 2.05) is 23.1 Å². The maximum Gasteiger partial charge on any atom is 0.303 e. The molecule has 0 saturated carbocycles. The van der Waals surface area contributed by atoms with Crippen molar-refractivity contribution in [2.75, 3.05) is 13.1 Å². The van der Waals surface area contributed by atoms with E-state index in [4.69, 9.17) is 5.11 Å². The third kappa shape index (κ3) is 4.08. The Labute approximate surface area is 119 Å². The Kier molecular flexibility index (Phi) is 5.16. The van der Waals surface area contributed by atoms with Crippen molar-refractivity contribution >= 4 is 11.9 Å². The van der Waals surface area contributed by atoms with Crippen molar-refractivity contribution in [1.82, 2.24) is 4.90 Å². The van der Waals surface area contributed by atoms with Gasteiger partial charge < -0.3 is 10.0 Å². The van der Waals surface area contributed by atoms with E-state index in [2.05, 4.69) is 12.1 Å². The van der Waals surface area contributed by atoms with Gasteiger partial charge in [-0.05, 0) is 24.8 Å². The average Bonchev–Trinajstić information content (AvgIpc) is 2.48. The van der Waals surface area contributed by atoms with E-state index in [1.54, 1.807) is 0 Å². The molecule has 1 saturated heterocycles. The number of benzene rings is 1. The van der Waals surface area contributed by atoms with Gasteiger partial charge in [0.15, 0.2) is 0 Å². The summed E-state index contributed by atoms with van der Waals surface area (Å²) in [6, 6.07) is 10.3. The summed E-state index contributed by atoms with van der Waals surface area (Å²) >= 11 is 0. The van der Waals surface area contributed by atoms with Crippen molar-refractivity contribution < 1.29 is 14.7 Å². The lowest BCUT2D eigenvalue weighted by molar-refractivity contribution is -0.137. The topological polar surface area (TPSA) is 57.6 Å². The number of rotatable bonds is 5. The average molecular weight is 275 g/mol. The van der Waals surface area contributed by atoms with Gasteiger partial charge in [0.2, 0.25) is 5.91 Å². The fraction of sp³-hybridized carbons (Fsp3) is 0.500. The largest absolute Gasteiger partial charge is 0.481 e. The SMILES string of the molecule is O=C(O)CCCC(=O)N1CCCC(c2ccccc2)C1. The highest BCUT2D eigenvalue weighted by molar-refractivity contribution is 5.77. The number of hydrogen-bond acceptors (Lipinski definition) is 2. The van der Waals surface area contributed by atoms with Gasteiger partial charge in [-0.3, -0.25) is 9.59 Å². The summed E-state index contributed by atoms with van der Waals surface area (Å²) in [5.74, 6) is -0.334. The number of carboxylic acid groups (broad SMARTS) is 1. The van der Waals surface area contributed by atoms with Gasteiger partial charge in [-0.25, -0.2) is 0 Å². The Balaban J connectivity index is 1.87. The molecule has 0 bridgehead atoms. The first-order chi connectivity index (χ1) is 9.66. The van der Waals surface area contributed by atoms with Crippen LogP contribution in [0.1, 0.15) is 43.6 Å². The molecule has 4 heteroatoms. The van der Waals surface area contributed by atoms with Crippen LogP contribution < -0.4 is 0 Å². The number of carbonyl (C=O) groups excluding carboxylic acids is 1. The second kappa shape index (κ2) is 7.08. The maximum absolute atomic E-state index is 12.1. The van der Waals surface area contributed by atoms with Crippen molar-refractivity contribution in [3.05, 3.63) is 35.9 Å². The predicted octanol–water partition coefficient (Wildman–Crippen LogP) is 2.65. The standard InChI is InChI=1S/C16H21NO3/c18-15(9-4-10-16(19)20)17-11-5-8-14(12-17)13-6-2-1-3-7-13/h1-3,6-7,14H,4-5,8-12H2,(H,19,20). The number of aliphatic carboxylic acids is 1. The smallest absolute Gasteiger partial charge is 0.303 e. The molecule has 108 valence electrons. The number of likely N-dealkylation sites (tertiary alicyclic amines) is 1.